The molecule has 0 aliphatic carbocycles. The topological polar surface area (TPSA) is 71.1 Å². The van der Waals surface area contributed by atoms with E-state index in [0.717, 1.165) is 19.4 Å². The first-order valence-electron chi connectivity index (χ1n) is 7.29. The average molecular weight is 299 g/mol. The molecule has 0 saturated carbocycles. The summed E-state index contributed by atoms with van der Waals surface area (Å²) in [6, 6.07) is -0.253. The summed E-state index contributed by atoms with van der Waals surface area (Å²) in [5, 5.41) is 1.87. The maximum atomic E-state index is 12.2. The predicted molar refractivity (Wildman–Crippen MR) is 75.8 cm³/mol. The number of hydrazine groups is 1. The third kappa shape index (κ3) is 3.53. The molecule has 21 heavy (non-hydrogen) atoms. The highest BCUT2D eigenvalue weighted by Gasteiger charge is 2.50. The fourth-order valence-corrected chi connectivity index (χ4v) is 2.63. The molecule has 120 valence electrons. The maximum Gasteiger partial charge on any atom is 0.327 e. The van der Waals surface area contributed by atoms with Gasteiger partial charge in [-0.05, 0) is 47.7 Å². The van der Waals surface area contributed by atoms with E-state index in [1.54, 1.807) is 19.0 Å². The number of hydrogen-bond acceptors (Lipinski definition) is 7. The van der Waals surface area contributed by atoms with Crippen LogP contribution in [0.25, 0.3) is 0 Å². The highest BCUT2D eigenvalue weighted by atomic mass is 16.6. The van der Waals surface area contributed by atoms with E-state index in [9.17, 15) is 9.59 Å². The average Bonchev–Trinajstić information content (AvgIpc) is 2.74. The van der Waals surface area contributed by atoms with Gasteiger partial charge in [-0.1, -0.05) is 0 Å². The monoisotopic (exact) mass is 299 g/mol. The number of hydrogen-bond donors (Lipinski definition) is 1. The molecule has 7 nitrogen and oxygen atoms in total. The van der Waals surface area contributed by atoms with Crippen molar-refractivity contribution in [3.8, 4) is 0 Å². The molecule has 0 aromatic heterocycles. The lowest BCUT2D eigenvalue weighted by atomic mass is 10.1. The molecule has 2 atom stereocenters. The zero-order valence-corrected chi connectivity index (χ0v) is 13.4. The van der Waals surface area contributed by atoms with Crippen LogP contribution >= 0.6 is 0 Å². The highest BCUT2D eigenvalue weighted by molar-refractivity contribution is 5.78. The largest absolute Gasteiger partial charge is 0.460 e. The summed E-state index contributed by atoms with van der Waals surface area (Å²) in [4.78, 5) is 26.0. The van der Waals surface area contributed by atoms with Gasteiger partial charge < -0.3 is 9.47 Å². The maximum absolute atomic E-state index is 12.2. The van der Waals surface area contributed by atoms with E-state index in [-0.39, 0.29) is 18.4 Å². The van der Waals surface area contributed by atoms with Gasteiger partial charge in [0.25, 0.3) is 0 Å². The minimum absolute atomic E-state index is 0.0633. The van der Waals surface area contributed by atoms with E-state index >= 15 is 0 Å². The number of rotatable bonds is 3. The number of nitrogens with zero attached hydrogens (tertiary/aromatic N) is 2. The van der Waals surface area contributed by atoms with E-state index in [4.69, 9.17) is 9.47 Å². The fourth-order valence-electron chi connectivity index (χ4n) is 2.63. The fraction of sp³-hybridized carbons (Fsp3) is 0.857. The quantitative estimate of drug-likeness (QED) is 0.759. The first kappa shape index (κ1) is 16.2. The summed E-state index contributed by atoms with van der Waals surface area (Å²) in [5.41, 5.74) is 2.62. The van der Waals surface area contributed by atoms with Gasteiger partial charge >= 0.3 is 11.9 Å². The predicted octanol–water partition coefficient (Wildman–Crippen LogP) is 0.459. The van der Waals surface area contributed by atoms with Gasteiger partial charge in [0.15, 0.2) is 0 Å². The summed E-state index contributed by atoms with van der Waals surface area (Å²) in [5.74, 6) is -1.88. The molecule has 1 N–H and O–H groups in total. The molecule has 0 bridgehead atoms. The number of cyclic esters (lactones) is 1. The Hall–Kier alpha value is -1.18. The molecule has 2 rings (SSSR count). The molecule has 2 saturated heterocycles. The molecule has 2 aliphatic rings. The number of ether oxygens (including phenoxy) is 2. The van der Waals surface area contributed by atoms with Crippen LogP contribution in [0.15, 0.2) is 0 Å². The lowest BCUT2D eigenvalue weighted by molar-refractivity contribution is -0.237. The van der Waals surface area contributed by atoms with Crippen LogP contribution in [0.4, 0.5) is 0 Å². The van der Waals surface area contributed by atoms with E-state index < -0.39 is 17.4 Å². The van der Waals surface area contributed by atoms with Gasteiger partial charge in [-0.15, -0.1) is 0 Å². The van der Waals surface area contributed by atoms with Crippen LogP contribution in [0, 0.1) is 0 Å². The van der Waals surface area contributed by atoms with Gasteiger partial charge in [0, 0.05) is 6.54 Å². The summed E-state index contributed by atoms with van der Waals surface area (Å²) < 4.78 is 10.9. The van der Waals surface area contributed by atoms with Crippen LogP contribution in [-0.2, 0) is 19.1 Å². The molecule has 0 aromatic carbocycles. The standard InChI is InChI=1S/C14H25N3O4/c1-13(2,3)20-11(18)9-14(16(4)5)15-17-8-6-7-10(17)12(19)21-14/h10,15H,6-9H2,1-5H3/t10-,14?/m0/s1. The molecule has 0 radical (unpaired) electrons. The molecular formula is C14H25N3O4. The molecule has 1 unspecified atom stereocenters. The van der Waals surface area contributed by atoms with Crippen molar-refractivity contribution < 1.29 is 19.1 Å². The molecule has 2 aliphatic heterocycles. The number of carbonyl (C=O) groups excluding carboxylic acids is 2. The Balaban J connectivity index is 2.14. The summed E-state index contributed by atoms with van der Waals surface area (Å²) in [7, 11) is 3.53. The SMILES string of the molecule is CN(C)C1(CC(=O)OC(C)(C)C)NN2CCC[C@H]2C(=O)O1. The second-order valence-corrected chi connectivity index (χ2v) is 6.83. The Bertz CT molecular complexity index is 432. The first-order valence-corrected chi connectivity index (χ1v) is 7.29. The second kappa shape index (κ2) is 5.55. The van der Waals surface area contributed by atoms with Crippen LogP contribution in [0.5, 0.6) is 0 Å². The van der Waals surface area contributed by atoms with Crippen molar-refractivity contribution in [1.82, 2.24) is 15.3 Å². The van der Waals surface area contributed by atoms with E-state index in [2.05, 4.69) is 5.43 Å². The molecule has 2 heterocycles. The lowest BCUT2D eigenvalue weighted by Gasteiger charge is -2.46. The Morgan fingerprint density at radius 2 is 2.19 bits per heavy atom. The normalized spacial score (nSPS) is 30.2. The van der Waals surface area contributed by atoms with Crippen LogP contribution in [0.3, 0.4) is 0 Å². The van der Waals surface area contributed by atoms with Gasteiger partial charge in [0.1, 0.15) is 18.1 Å². The van der Waals surface area contributed by atoms with Crippen molar-refractivity contribution in [3.05, 3.63) is 0 Å². The number of carbonyl (C=O) groups is 2. The number of fused-ring (bicyclic) bond motifs is 1. The first-order chi connectivity index (χ1) is 9.63. The van der Waals surface area contributed by atoms with Crippen LogP contribution in [0.1, 0.15) is 40.0 Å². The minimum atomic E-state index is -1.18. The Morgan fingerprint density at radius 3 is 2.76 bits per heavy atom. The van der Waals surface area contributed by atoms with Crippen molar-refractivity contribution in [2.75, 3.05) is 20.6 Å². The van der Waals surface area contributed by atoms with Crippen molar-refractivity contribution in [3.63, 3.8) is 0 Å². The number of nitrogens with one attached hydrogen (secondary N) is 1. The Kier molecular flexibility index (Phi) is 4.28. The number of esters is 2. The smallest absolute Gasteiger partial charge is 0.327 e. The zero-order valence-electron chi connectivity index (χ0n) is 13.4. The van der Waals surface area contributed by atoms with Gasteiger partial charge in [-0.3, -0.25) is 14.5 Å². The van der Waals surface area contributed by atoms with Gasteiger partial charge in [0.05, 0.1) is 0 Å². The van der Waals surface area contributed by atoms with Crippen LogP contribution in [-0.4, -0.2) is 60.0 Å². The van der Waals surface area contributed by atoms with Gasteiger partial charge in [0.2, 0.25) is 5.85 Å². The summed E-state index contributed by atoms with van der Waals surface area (Å²) in [6.07, 6.45) is 1.65. The van der Waals surface area contributed by atoms with Gasteiger partial charge in [-0.2, -0.15) is 5.43 Å². The third-order valence-corrected chi connectivity index (χ3v) is 3.64. The lowest BCUT2D eigenvalue weighted by Crippen LogP contribution is -2.71. The second-order valence-electron chi connectivity index (χ2n) is 6.83. The Morgan fingerprint density at radius 1 is 1.52 bits per heavy atom. The van der Waals surface area contributed by atoms with Crippen molar-refractivity contribution >= 4 is 11.9 Å². The van der Waals surface area contributed by atoms with E-state index in [1.807, 2.05) is 25.8 Å². The van der Waals surface area contributed by atoms with Gasteiger partial charge in [-0.25, -0.2) is 5.01 Å². The Labute approximate surface area is 125 Å². The molecular weight excluding hydrogens is 274 g/mol. The summed E-state index contributed by atoms with van der Waals surface area (Å²) in [6.45, 7) is 6.20. The zero-order chi connectivity index (χ0) is 15.8. The molecule has 7 heteroatoms. The van der Waals surface area contributed by atoms with Crippen LogP contribution < -0.4 is 5.43 Å². The molecule has 0 aromatic rings. The minimum Gasteiger partial charge on any atom is -0.460 e. The van der Waals surface area contributed by atoms with E-state index in [1.165, 1.54) is 0 Å². The van der Waals surface area contributed by atoms with Crippen molar-refractivity contribution in [2.45, 2.75) is 57.5 Å². The van der Waals surface area contributed by atoms with Crippen LogP contribution in [0.2, 0.25) is 0 Å². The highest BCUT2D eigenvalue weighted by Crippen LogP contribution is 2.29. The summed E-state index contributed by atoms with van der Waals surface area (Å²) >= 11 is 0. The van der Waals surface area contributed by atoms with Crippen molar-refractivity contribution in [1.29, 1.82) is 0 Å². The molecule has 2 fully saturated rings. The van der Waals surface area contributed by atoms with E-state index in [0.29, 0.717) is 0 Å². The molecule has 0 spiro atoms. The molecule has 0 amide bonds. The third-order valence-electron chi connectivity index (χ3n) is 3.64. The van der Waals surface area contributed by atoms with Crippen molar-refractivity contribution in [2.24, 2.45) is 0 Å².